The van der Waals surface area contributed by atoms with Crippen LogP contribution in [-0.2, 0) is 19.5 Å². The lowest BCUT2D eigenvalue weighted by atomic mass is 9.96. The maximum absolute atomic E-state index is 12.4. The molecule has 0 saturated heterocycles. The van der Waals surface area contributed by atoms with Gasteiger partial charge >= 0.3 is 5.69 Å². The minimum Gasteiger partial charge on any atom is -0.280 e. The summed E-state index contributed by atoms with van der Waals surface area (Å²) in [7, 11) is 2.99. The third-order valence-electron chi connectivity index (χ3n) is 3.21. The van der Waals surface area contributed by atoms with Gasteiger partial charge in [-0.15, -0.1) is 0 Å². The van der Waals surface area contributed by atoms with Crippen molar-refractivity contribution in [2.75, 3.05) is 5.75 Å². The van der Waals surface area contributed by atoms with Crippen molar-refractivity contribution in [2.24, 2.45) is 14.1 Å². The smallest absolute Gasteiger partial charge is 0.280 e. The fourth-order valence-electron chi connectivity index (χ4n) is 1.97. The van der Waals surface area contributed by atoms with Gasteiger partial charge in [-0.2, -0.15) is 5.26 Å². The molecule has 22 heavy (non-hydrogen) atoms. The van der Waals surface area contributed by atoms with Gasteiger partial charge in [0.1, 0.15) is 16.2 Å². The standard InChI is InChI=1S/C14H17N5O2S/c1-14(2,3)12-16-9-8(10(17-12)22-7-6-15)11(20)19(5)13(21)18(9)4/h7H2,1-5H3. The first kappa shape index (κ1) is 16.2. The van der Waals surface area contributed by atoms with Crippen molar-refractivity contribution < 1.29 is 0 Å². The number of nitriles is 1. The molecular weight excluding hydrogens is 302 g/mol. The predicted octanol–water partition coefficient (Wildman–Crippen LogP) is 0.940. The van der Waals surface area contributed by atoms with E-state index >= 15 is 0 Å². The van der Waals surface area contributed by atoms with E-state index in [0.29, 0.717) is 16.5 Å². The molecule has 2 heterocycles. The highest BCUT2D eigenvalue weighted by Crippen LogP contribution is 2.26. The van der Waals surface area contributed by atoms with Crippen LogP contribution in [0.5, 0.6) is 0 Å². The Morgan fingerprint density at radius 2 is 1.82 bits per heavy atom. The van der Waals surface area contributed by atoms with E-state index in [0.717, 1.165) is 4.57 Å². The molecule has 0 aliphatic heterocycles. The highest BCUT2D eigenvalue weighted by Gasteiger charge is 2.23. The fraction of sp³-hybridized carbons (Fsp3) is 0.500. The Morgan fingerprint density at radius 3 is 2.36 bits per heavy atom. The summed E-state index contributed by atoms with van der Waals surface area (Å²) < 4.78 is 2.36. The molecule has 0 bridgehead atoms. The molecule has 0 unspecified atom stereocenters. The van der Waals surface area contributed by atoms with E-state index < -0.39 is 11.2 Å². The Hall–Kier alpha value is -2.14. The number of fused-ring (bicyclic) bond motifs is 1. The summed E-state index contributed by atoms with van der Waals surface area (Å²) in [5.74, 6) is 0.700. The number of rotatable bonds is 2. The molecule has 2 rings (SSSR count). The van der Waals surface area contributed by atoms with Crippen LogP contribution >= 0.6 is 11.8 Å². The molecule has 0 radical (unpaired) electrons. The van der Waals surface area contributed by atoms with Gasteiger partial charge in [-0.05, 0) is 0 Å². The molecule has 0 aromatic carbocycles. The van der Waals surface area contributed by atoms with E-state index in [4.69, 9.17) is 5.26 Å². The minimum atomic E-state index is -0.445. The highest BCUT2D eigenvalue weighted by molar-refractivity contribution is 7.99. The van der Waals surface area contributed by atoms with Gasteiger partial charge in [0, 0.05) is 19.5 Å². The number of aromatic nitrogens is 4. The minimum absolute atomic E-state index is 0.168. The van der Waals surface area contributed by atoms with Crippen LogP contribution in [0.4, 0.5) is 0 Å². The van der Waals surface area contributed by atoms with Gasteiger partial charge in [-0.25, -0.2) is 14.8 Å². The first-order valence-electron chi connectivity index (χ1n) is 6.66. The van der Waals surface area contributed by atoms with E-state index in [1.54, 1.807) is 7.05 Å². The van der Waals surface area contributed by atoms with Crippen LogP contribution in [0.15, 0.2) is 14.6 Å². The molecule has 2 aromatic heterocycles. The van der Waals surface area contributed by atoms with Gasteiger partial charge in [0.2, 0.25) is 0 Å². The first-order valence-corrected chi connectivity index (χ1v) is 7.65. The average molecular weight is 319 g/mol. The normalized spacial score (nSPS) is 11.6. The second kappa shape index (κ2) is 5.57. The van der Waals surface area contributed by atoms with Gasteiger partial charge in [0.25, 0.3) is 5.56 Å². The zero-order chi connectivity index (χ0) is 16.7. The monoisotopic (exact) mass is 319 g/mol. The van der Waals surface area contributed by atoms with Crippen molar-refractivity contribution in [3.8, 4) is 6.07 Å². The Labute approximate surface area is 131 Å². The SMILES string of the molecule is Cn1c(=O)c2c(SCC#N)nc(C(C)(C)C)nc2n(C)c1=O. The average Bonchev–Trinajstić information content (AvgIpc) is 2.46. The summed E-state index contributed by atoms with van der Waals surface area (Å²) in [6.07, 6.45) is 0. The summed E-state index contributed by atoms with van der Waals surface area (Å²) in [5, 5.41) is 9.51. The van der Waals surface area contributed by atoms with E-state index in [1.165, 1.54) is 23.4 Å². The summed E-state index contributed by atoms with van der Waals surface area (Å²) >= 11 is 1.18. The highest BCUT2D eigenvalue weighted by atomic mass is 32.2. The van der Waals surface area contributed by atoms with Crippen LogP contribution in [-0.4, -0.2) is 24.9 Å². The molecule has 0 atom stereocenters. The number of aryl methyl sites for hydroxylation is 1. The molecule has 7 nitrogen and oxygen atoms in total. The van der Waals surface area contributed by atoms with Crippen molar-refractivity contribution in [1.82, 2.24) is 19.1 Å². The fourth-order valence-corrected chi connectivity index (χ4v) is 2.64. The lowest BCUT2D eigenvalue weighted by molar-refractivity contribution is 0.539. The molecule has 0 amide bonds. The first-order chi connectivity index (χ1) is 10.2. The van der Waals surface area contributed by atoms with Crippen LogP contribution in [0.25, 0.3) is 11.0 Å². The molecule has 0 spiro atoms. The van der Waals surface area contributed by atoms with Crippen LogP contribution in [0.1, 0.15) is 26.6 Å². The van der Waals surface area contributed by atoms with E-state index in [-0.39, 0.29) is 16.6 Å². The maximum Gasteiger partial charge on any atom is 0.332 e. The Bertz CT molecular complexity index is 899. The summed E-state index contributed by atoms with van der Waals surface area (Å²) in [4.78, 5) is 33.4. The second-order valence-electron chi connectivity index (χ2n) is 5.95. The van der Waals surface area contributed by atoms with Gasteiger partial charge in [-0.3, -0.25) is 13.9 Å². The Kier molecular flexibility index (Phi) is 4.11. The summed E-state index contributed by atoms with van der Waals surface area (Å²) in [6.45, 7) is 5.85. The third kappa shape index (κ3) is 2.64. The molecule has 8 heteroatoms. The number of hydrogen-bond acceptors (Lipinski definition) is 6. The van der Waals surface area contributed by atoms with Crippen molar-refractivity contribution in [3.63, 3.8) is 0 Å². The molecule has 116 valence electrons. The molecular formula is C14H17N5O2S. The van der Waals surface area contributed by atoms with E-state index in [2.05, 4.69) is 9.97 Å². The van der Waals surface area contributed by atoms with E-state index in [1.807, 2.05) is 26.8 Å². The van der Waals surface area contributed by atoms with Gasteiger partial charge in [-0.1, -0.05) is 32.5 Å². The molecule has 0 aliphatic rings. The van der Waals surface area contributed by atoms with Crippen LogP contribution in [0.3, 0.4) is 0 Å². The van der Waals surface area contributed by atoms with Crippen molar-refractivity contribution in [3.05, 3.63) is 26.7 Å². The van der Waals surface area contributed by atoms with Crippen LogP contribution in [0.2, 0.25) is 0 Å². The quantitative estimate of drug-likeness (QED) is 0.604. The van der Waals surface area contributed by atoms with Crippen LogP contribution in [0, 0.1) is 11.3 Å². The topological polar surface area (TPSA) is 93.6 Å². The number of hydrogen-bond donors (Lipinski definition) is 0. The predicted molar refractivity (Wildman–Crippen MR) is 85.1 cm³/mol. The third-order valence-corrected chi connectivity index (χ3v) is 4.05. The zero-order valence-electron chi connectivity index (χ0n) is 13.2. The summed E-state index contributed by atoms with van der Waals surface area (Å²) in [6, 6.07) is 2.02. The molecule has 0 aliphatic carbocycles. The van der Waals surface area contributed by atoms with Crippen LogP contribution < -0.4 is 11.2 Å². The second-order valence-corrected chi connectivity index (χ2v) is 6.92. The van der Waals surface area contributed by atoms with Gasteiger partial charge in [0.15, 0.2) is 5.65 Å². The van der Waals surface area contributed by atoms with Gasteiger partial charge < -0.3 is 0 Å². The van der Waals surface area contributed by atoms with Gasteiger partial charge in [0.05, 0.1) is 11.8 Å². The van der Waals surface area contributed by atoms with E-state index in [9.17, 15) is 9.59 Å². The van der Waals surface area contributed by atoms with Crippen molar-refractivity contribution in [2.45, 2.75) is 31.2 Å². The Morgan fingerprint density at radius 1 is 1.18 bits per heavy atom. The lowest BCUT2D eigenvalue weighted by Crippen LogP contribution is -2.38. The number of nitrogens with zero attached hydrogens (tertiary/aromatic N) is 5. The zero-order valence-corrected chi connectivity index (χ0v) is 14.0. The molecule has 0 fully saturated rings. The molecule has 0 saturated carbocycles. The largest absolute Gasteiger partial charge is 0.332 e. The summed E-state index contributed by atoms with van der Waals surface area (Å²) in [5.41, 5.74) is -0.924. The maximum atomic E-state index is 12.4. The molecule has 0 N–H and O–H groups in total. The molecule has 2 aromatic rings. The van der Waals surface area contributed by atoms with Crippen molar-refractivity contribution >= 4 is 22.8 Å². The lowest BCUT2D eigenvalue weighted by Gasteiger charge is -2.19. The number of thioether (sulfide) groups is 1. The van der Waals surface area contributed by atoms with Crippen molar-refractivity contribution in [1.29, 1.82) is 5.26 Å². The Balaban J connectivity index is 2.99.